The number of hydrogen-bond acceptors (Lipinski definition) is 6. The van der Waals surface area contributed by atoms with Crippen molar-refractivity contribution < 1.29 is 9.42 Å². The highest BCUT2D eigenvalue weighted by Crippen LogP contribution is 1.99. The van der Waals surface area contributed by atoms with Crippen LogP contribution in [-0.2, 0) is 0 Å². The quantitative estimate of drug-likeness (QED) is 0.614. The van der Waals surface area contributed by atoms with Crippen LogP contribution in [0.15, 0.2) is 34.3 Å². The van der Waals surface area contributed by atoms with Gasteiger partial charge in [0.15, 0.2) is 5.69 Å². The normalized spacial score (nSPS) is 10.6. The molecule has 0 spiro atoms. The zero-order valence-corrected chi connectivity index (χ0v) is 8.99. The molecule has 0 aromatic carbocycles. The molecule has 0 radical (unpaired) electrons. The van der Waals surface area contributed by atoms with E-state index in [9.17, 15) is 4.79 Å². The summed E-state index contributed by atoms with van der Waals surface area (Å²) in [5.41, 5.74) is 3.69. The first kappa shape index (κ1) is 10.9. The first-order valence-electron chi connectivity index (χ1n) is 4.80. The van der Waals surface area contributed by atoms with E-state index in [4.69, 9.17) is 0 Å². The molecule has 0 bridgehead atoms. The molecule has 7 heteroatoms. The first-order chi connectivity index (χ1) is 8.27. The second-order valence-corrected chi connectivity index (χ2v) is 3.18. The fourth-order valence-corrected chi connectivity index (χ4v) is 1.11. The molecule has 0 atom stereocenters. The monoisotopic (exact) mass is 231 g/mol. The smallest absolute Gasteiger partial charge is 0.265 e. The molecule has 2 aromatic rings. The van der Waals surface area contributed by atoms with E-state index in [1.807, 2.05) is 0 Å². The molecular weight excluding hydrogens is 222 g/mol. The molecule has 2 heterocycles. The minimum absolute atomic E-state index is 0.122. The Kier molecular flexibility index (Phi) is 3.20. The molecule has 1 amide bonds. The second-order valence-electron chi connectivity index (χ2n) is 3.18. The number of carbonyl (C=O) groups is 1. The van der Waals surface area contributed by atoms with Crippen LogP contribution in [0.5, 0.6) is 0 Å². The van der Waals surface area contributed by atoms with Gasteiger partial charge in [0.25, 0.3) is 5.91 Å². The number of carbonyl (C=O) groups excluding carboxylic acids is 1. The first-order valence-corrected chi connectivity index (χ1v) is 4.80. The predicted molar refractivity (Wildman–Crippen MR) is 58.3 cm³/mol. The van der Waals surface area contributed by atoms with Crippen LogP contribution in [0.25, 0.3) is 0 Å². The molecule has 2 rings (SSSR count). The Balaban J connectivity index is 1.98. The number of hydrazone groups is 1. The maximum atomic E-state index is 11.5. The Morgan fingerprint density at radius 1 is 1.41 bits per heavy atom. The number of hydrogen-bond donors (Lipinski definition) is 1. The molecule has 7 nitrogen and oxygen atoms in total. The van der Waals surface area contributed by atoms with Gasteiger partial charge in [-0.2, -0.15) is 5.10 Å². The SMILES string of the molecule is Cc1nonc1C(=O)N/N=C/c1ccncc1. The number of pyridine rings is 1. The molecule has 1 N–H and O–H groups in total. The van der Waals surface area contributed by atoms with Crippen LogP contribution in [0.2, 0.25) is 0 Å². The molecule has 0 unspecified atom stereocenters. The van der Waals surface area contributed by atoms with Crippen molar-refractivity contribution in [2.75, 3.05) is 0 Å². The topological polar surface area (TPSA) is 93.3 Å². The van der Waals surface area contributed by atoms with Crippen LogP contribution in [-0.4, -0.2) is 27.4 Å². The van der Waals surface area contributed by atoms with Gasteiger partial charge in [0, 0.05) is 12.4 Å². The second kappa shape index (κ2) is 4.97. The van der Waals surface area contributed by atoms with Crippen molar-refractivity contribution in [2.24, 2.45) is 5.10 Å². The molecule has 2 aromatic heterocycles. The van der Waals surface area contributed by atoms with Gasteiger partial charge in [0.05, 0.1) is 6.21 Å². The van der Waals surface area contributed by atoms with Crippen molar-refractivity contribution in [3.63, 3.8) is 0 Å². The van der Waals surface area contributed by atoms with Gasteiger partial charge >= 0.3 is 0 Å². The molecule has 0 aliphatic heterocycles. The fourth-order valence-electron chi connectivity index (χ4n) is 1.11. The van der Waals surface area contributed by atoms with E-state index in [-0.39, 0.29) is 5.69 Å². The van der Waals surface area contributed by atoms with Crippen molar-refractivity contribution >= 4 is 12.1 Å². The Hall–Kier alpha value is -2.57. The molecule has 0 saturated heterocycles. The van der Waals surface area contributed by atoms with Gasteiger partial charge in [-0.15, -0.1) is 0 Å². The van der Waals surface area contributed by atoms with Crippen LogP contribution in [0, 0.1) is 6.92 Å². The molecule has 0 aliphatic carbocycles. The maximum Gasteiger partial charge on any atom is 0.295 e. The highest BCUT2D eigenvalue weighted by Gasteiger charge is 2.13. The van der Waals surface area contributed by atoms with Crippen LogP contribution < -0.4 is 5.43 Å². The summed E-state index contributed by atoms with van der Waals surface area (Å²) in [6, 6.07) is 3.52. The van der Waals surface area contributed by atoms with Crippen molar-refractivity contribution in [3.05, 3.63) is 41.5 Å². The van der Waals surface area contributed by atoms with Gasteiger partial charge in [-0.3, -0.25) is 9.78 Å². The van der Waals surface area contributed by atoms with Crippen LogP contribution in [0.1, 0.15) is 21.7 Å². The number of rotatable bonds is 3. The molecule has 0 aliphatic rings. The number of nitrogens with one attached hydrogen (secondary N) is 1. The average Bonchev–Trinajstić information content (AvgIpc) is 2.77. The third-order valence-electron chi connectivity index (χ3n) is 1.95. The Morgan fingerprint density at radius 2 is 2.18 bits per heavy atom. The third kappa shape index (κ3) is 2.71. The van der Waals surface area contributed by atoms with Gasteiger partial charge in [-0.25, -0.2) is 10.1 Å². The summed E-state index contributed by atoms with van der Waals surface area (Å²) in [5, 5.41) is 10.7. The number of aryl methyl sites for hydroxylation is 1. The molecule has 0 fully saturated rings. The number of aromatic nitrogens is 3. The van der Waals surface area contributed by atoms with Crippen molar-refractivity contribution in [2.45, 2.75) is 6.92 Å². The van der Waals surface area contributed by atoms with Gasteiger partial charge in [-0.05, 0) is 29.8 Å². The van der Waals surface area contributed by atoms with Gasteiger partial charge in [-0.1, -0.05) is 5.16 Å². The summed E-state index contributed by atoms with van der Waals surface area (Å²) in [6.45, 7) is 1.62. The van der Waals surface area contributed by atoms with E-state index >= 15 is 0 Å². The number of nitrogens with zero attached hydrogens (tertiary/aromatic N) is 4. The van der Waals surface area contributed by atoms with Crippen LogP contribution in [0.4, 0.5) is 0 Å². The third-order valence-corrected chi connectivity index (χ3v) is 1.95. The van der Waals surface area contributed by atoms with Crippen LogP contribution >= 0.6 is 0 Å². The lowest BCUT2D eigenvalue weighted by Gasteiger charge is -1.94. The lowest BCUT2D eigenvalue weighted by molar-refractivity contribution is 0.0945. The number of amides is 1. The largest absolute Gasteiger partial charge is 0.295 e. The minimum Gasteiger partial charge on any atom is -0.265 e. The lowest BCUT2D eigenvalue weighted by Crippen LogP contribution is -2.19. The van der Waals surface area contributed by atoms with E-state index in [2.05, 4.69) is 30.5 Å². The molecular formula is C10H9N5O2. The van der Waals surface area contributed by atoms with Crippen molar-refractivity contribution in [3.8, 4) is 0 Å². The van der Waals surface area contributed by atoms with Crippen molar-refractivity contribution in [1.29, 1.82) is 0 Å². The Bertz CT molecular complexity index is 535. The standard InChI is InChI=1S/C10H9N5O2/c1-7-9(15-17-14-7)10(16)13-12-6-8-2-4-11-5-3-8/h2-6H,1H3,(H,13,16)/b12-6+. The lowest BCUT2D eigenvalue weighted by atomic mass is 10.3. The summed E-state index contributed by atoms with van der Waals surface area (Å²) in [7, 11) is 0. The molecule has 86 valence electrons. The fraction of sp³-hybridized carbons (Fsp3) is 0.100. The van der Waals surface area contributed by atoms with E-state index < -0.39 is 5.91 Å². The van der Waals surface area contributed by atoms with Gasteiger partial charge < -0.3 is 0 Å². The minimum atomic E-state index is -0.464. The van der Waals surface area contributed by atoms with Crippen molar-refractivity contribution in [1.82, 2.24) is 20.7 Å². The highest BCUT2D eigenvalue weighted by atomic mass is 16.6. The summed E-state index contributed by atoms with van der Waals surface area (Å²) >= 11 is 0. The van der Waals surface area contributed by atoms with Gasteiger partial charge in [0.2, 0.25) is 0 Å². The van der Waals surface area contributed by atoms with Crippen LogP contribution in [0.3, 0.4) is 0 Å². The van der Waals surface area contributed by atoms with E-state index in [1.54, 1.807) is 31.5 Å². The van der Waals surface area contributed by atoms with E-state index in [1.165, 1.54) is 6.21 Å². The Morgan fingerprint density at radius 3 is 2.82 bits per heavy atom. The van der Waals surface area contributed by atoms with Gasteiger partial charge in [0.1, 0.15) is 5.69 Å². The summed E-state index contributed by atoms with van der Waals surface area (Å²) in [4.78, 5) is 15.4. The average molecular weight is 231 g/mol. The van der Waals surface area contributed by atoms with E-state index in [0.717, 1.165) is 5.56 Å². The highest BCUT2D eigenvalue weighted by molar-refractivity contribution is 5.93. The Labute approximate surface area is 96.5 Å². The van der Waals surface area contributed by atoms with E-state index in [0.29, 0.717) is 5.69 Å². The predicted octanol–water partition coefficient (Wildman–Crippen LogP) is 0.537. The molecule has 17 heavy (non-hydrogen) atoms. The zero-order valence-electron chi connectivity index (χ0n) is 8.99. The summed E-state index contributed by atoms with van der Waals surface area (Å²) in [5.74, 6) is -0.464. The maximum absolute atomic E-state index is 11.5. The zero-order chi connectivity index (χ0) is 12.1. The summed E-state index contributed by atoms with van der Waals surface area (Å²) in [6.07, 6.45) is 4.77. The molecule has 0 saturated carbocycles. The summed E-state index contributed by atoms with van der Waals surface area (Å²) < 4.78 is 4.41.